The van der Waals surface area contributed by atoms with Crippen molar-refractivity contribution < 1.29 is 14.3 Å². The summed E-state index contributed by atoms with van der Waals surface area (Å²) in [6, 6.07) is 0. The number of ether oxygens (including phenoxy) is 1. The molecule has 2 atom stereocenters. The van der Waals surface area contributed by atoms with Crippen molar-refractivity contribution in [2.75, 3.05) is 7.11 Å². The Hall–Kier alpha value is -1.06. The lowest BCUT2D eigenvalue weighted by Crippen LogP contribution is -2.44. The molecule has 0 aliphatic heterocycles. The van der Waals surface area contributed by atoms with E-state index in [1.807, 2.05) is 20.8 Å². The molecule has 1 aliphatic carbocycles. The van der Waals surface area contributed by atoms with Crippen LogP contribution in [0, 0.1) is 16.7 Å². The smallest absolute Gasteiger partial charge is 0.312 e. The molecule has 15 heavy (non-hydrogen) atoms. The number of amides is 1. The maximum atomic E-state index is 11.7. The first-order chi connectivity index (χ1) is 6.77. The minimum absolute atomic E-state index is 0.249. The summed E-state index contributed by atoms with van der Waals surface area (Å²) in [5.41, 5.74) is 4.30. The van der Waals surface area contributed by atoms with Gasteiger partial charge in [-0.1, -0.05) is 13.8 Å². The Kier molecular flexibility index (Phi) is 2.81. The van der Waals surface area contributed by atoms with E-state index in [0.717, 1.165) is 0 Å². The molecule has 1 amide bonds. The molecule has 0 spiro atoms. The lowest BCUT2D eigenvalue weighted by atomic mass is 9.65. The van der Waals surface area contributed by atoms with E-state index >= 15 is 0 Å². The van der Waals surface area contributed by atoms with E-state index in [9.17, 15) is 9.59 Å². The van der Waals surface area contributed by atoms with Crippen LogP contribution in [0.25, 0.3) is 0 Å². The van der Waals surface area contributed by atoms with Crippen LogP contribution in [0.2, 0.25) is 0 Å². The van der Waals surface area contributed by atoms with Crippen molar-refractivity contribution in [2.45, 2.75) is 33.6 Å². The second-order valence-electron chi connectivity index (χ2n) is 5.04. The molecule has 0 aromatic rings. The highest BCUT2D eigenvalue weighted by Gasteiger charge is 2.58. The van der Waals surface area contributed by atoms with Gasteiger partial charge in [-0.25, -0.2) is 0 Å². The van der Waals surface area contributed by atoms with Gasteiger partial charge in [0.05, 0.1) is 12.5 Å². The van der Waals surface area contributed by atoms with Crippen LogP contribution in [0.15, 0.2) is 0 Å². The van der Waals surface area contributed by atoms with Crippen LogP contribution in [0.4, 0.5) is 0 Å². The first-order valence-corrected chi connectivity index (χ1v) is 5.15. The number of nitrogens with two attached hydrogens (primary N) is 1. The Balaban J connectivity index is 3.06. The number of carbonyl (C=O) groups is 2. The van der Waals surface area contributed by atoms with Crippen molar-refractivity contribution in [3.05, 3.63) is 0 Å². The first kappa shape index (κ1) is 12.0. The molecule has 0 aromatic heterocycles. The molecule has 1 saturated carbocycles. The molecule has 0 bridgehead atoms. The van der Waals surface area contributed by atoms with Crippen LogP contribution < -0.4 is 5.73 Å². The van der Waals surface area contributed by atoms with Gasteiger partial charge in [0, 0.05) is 5.92 Å². The minimum Gasteiger partial charge on any atom is -0.469 e. The van der Waals surface area contributed by atoms with E-state index in [0.29, 0.717) is 12.8 Å². The summed E-state index contributed by atoms with van der Waals surface area (Å²) in [6.07, 6.45) is 1.31. The fraction of sp³-hybridized carbons (Fsp3) is 0.818. The summed E-state index contributed by atoms with van der Waals surface area (Å²) < 4.78 is 4.81. The molecule has 0 heterocycles. The zero-order valence-corrected chi connectivity index (χ0v) is 9.79. The summed E-state index contributed by atoms with van der Waals surface area (Å²) in [7, 11) is 1.38. The molecule has 86 valence electrons. The van der Waals surface area contributed by atoms with E-state index in [1.165, 1.54) is 7.11 Å². The number of esters is 1. The Labute approximate surface area is 90.2 Å². The van der Waals surface area contributed by atoms with Crippen molar-refractivity contribution in [1.82, 2.24) is 0 Å². The number of primary amides is 1. The minimum atomic E-state index is -0.610. The largest absolute Gasteiger partial charge is 0.469 e. The van der Waals surface area contributed by atoms with E-state index in [1.54, 1.807) is 0 Å². The maximum Gasteiger partial charge on any atom is 0.312 e. The van der Waals surface area contributed by atoms with Gasteiger partial charge < -0.3 is 10.5 Å². The van der Waals surface area contributed by atoms with Gasteiger partial charge in [0.2, 0.25) is 5.91 Å². The molecule has 0 aromatic carbocycles. The lowest BCUT2D eigenvalue weighted by molar-refractivity contribution is -0.158. The third-order valence-corrected chi connectivity index (χ3v) is 4.21. The van der Waals surface area contributed by atoms with E-state index < -0.39 is 10.8 Å². The van der Waals surface area contributed by atoms with Crippen LogP contribution in [0.3, 0.4) is 0 Å². The first-order valence-electron chi connectivity index (χ1n) is 5.15. The molecule has 1 rings (SSSR count). The highest BCUT2D eigenvalue weighted by Crippen LogP contribution is 2.56. The van der Waals surface area contributed by atoms with Gasteiger partial charge >= 0.3 is 5.97 Å². The van der Waals surface area contributed by atoms with Crippen molar-refractivity contribution in [1.29, 1.82) is 0 Å². The zero-order valence-electron chi connectivity index (χ0n) is 9.79. The van der Waals surface area contributed by atoms with Crippen molar-refractivity contribution in [3.8, 4) is 0 Å². The van der Waals surface area contributed by atoms with Gasteiger partial charge in [-0.15, -0.1) is 0 Å². The maximum absolute atomic E-state index is 11.7. The van der Waals surface area contributed by atoms with Crippen LogP contribution in [-0.2, 0) is 14.3 Å². The highest BCUT2D eigenvalue weighted by molar-refractivity contribution is 5.83. The SMILES string of the molecule is COC(=O)[C@]1(C)CC[C@H](C(N)=O)C1(C)C. The van der Waals surface area contributed by atoms with Crippen LogP contribution in [-0.4, -0.2) is 19.0 Å². The molecule has 1 fully saturated rings. The van der Waals surface area contributed by atoms with Crippen molar-refractivity contribution >= 4 is 11.9 Å². The van der Waals surface area contributed by atoms with E-state index in [2.05, 4.69) is 0 Å². The van der Waals surface area contributed by atoms with Gasteiger partial charge in [0.25, 0.3) is 0 Å². The van der Waals surface area contributed by atoms with Gasteiger partial charge in [-0.05, 0) is 25.2 Å². The number of rotatable bonds is 2. The third-order valence-electron chi connectivity index (χ3n) is 4.21. The average Bonchev–Trinajstić information content (AvgIpc) is 2.38. The Morgan fingerprint density at radius 3 is 2.20 bits per heavy atom. The quantitative estimate of drug-likeness (QED) is 0.698. The molecule has 4 heteroatoms. The van der Waals surface area contributed by atoms with Gasteiger partial charge in [0.15, 0.2) is 0 Å². The highest BCUT2D eigenvalue weighted by atomic mass is 16.5. The second-order valence-corrected chi connectivity index (χ2v) is 5.04. The third kappa shape index (κ3) is 1.52. The standard InChI is InChI=1S/C11H19NO3/c1-10(2)7(8(12)13)5-6-11(10,3)9(14)15-4/h7H,5-6H2,1-4H3,(H2,12,13)/t7-,11+/m1/s1. The number of methoxy groups -OCH3 is 1. The number of hydrogen-bond acceptors (Lipinski definition) is 3. The van der Waals surface area contributed by atoms with Crippen LogP contribution in [0.1, 0.15) is 33.6 Å². The molecule has 4 nitrogen and oxygen atoms in total. The summed E-state index contributed by atoms with van der Waals surface area (Å²) >= 11 is 0. The predicted molar refractivity (Wildman–Crippen MR) is 55.8 cm³/mol. The normalized spacial score (nSPS) is 33.7. The molecule has 0 saturated heterocycles. The van der Waals surface area contributed by atoms with E-state index in [4.69, 9.17) is 10.5 Å². The van der Waals surface area contributed by atoms with Gasteiger partial charge in [0.1, 0.15) is 0 Å². The molecule has 0 radical (unpaired) electrons. The number of carbonyl (C=O) groups excluding carboxylic acids is 2. The number of hydrogen-bond donors (Lipinski definition) is 1. The van der Waals surface area contributed by atoms with E-state index in [-0.39, 0.29) is 17.8 Å². The topological polar surface area (TPSA) is 69.4 Å². The summed E-state index contributed by atoms with van der Waals surface area (Å²) in [5.74, 6) is -0.828. The zero-order chi connectivity index (χ0) is 11.9. The Morgan fingerprint density at radius 2 is 1.87 bits per heavy atom. The second kappa shape index (κ2) is 3.51. The lowest BCUT2D eigenvalue weighted by Gasteiger charge is -2.38. The Bertz CT molecular complexity index is 298. The Morgan fingerprint density at radius 1 is 1.33 bits per heavy atom. The molecule has 1 aliphatic rings. The average molecular weight is 213 g/mol. The summed E-state index contributed by atoms with van der Waals surface area (Å²) in [4.78, 5) is 23.0. The fourth-order valence-electron chi connectivity index (χ4n) is 2.59. The molecule has 0 unspecified atom stereocenters. The van der Waals surface area contributed by atoms with Gasteiger partial charge in [-0.3, -0.25) is 9.59 Å². The van der Waals surface area contributed by atoms with Crippen molar-refractivity contribution in [3.63, 3.8) is 0 Å². The molecular formula is C11H19NO3. The summed E-state index contributed by atoms with van der Waals surface area (Å²) in [5, 5.41) is 0. The molecular weight excluding hydrogens is 194 g/mol. The van der Waals surface area contributed by atoms with Gasteiger partial charge in [-0.2, -0.15) is 0 Å². The fourth-order valence-corrected chi connectivity index (χ4v) is 2.59. The van der Waals surface area contributed by atoms with Crippen LogP contribution >= 0.6 is 0 Å². The van der Waals surface area contributed by atoms with Crippen molar-refractivity contribution in [2.24, 2.45) is 22.5 Å². The van der Waals surface area contributed by atoms with Crippen LogP contribution in [0.5, 0.6) is 0 Å². The monoisotopic (exact) mass is 213 g/mol. The summed E-state index contributed by atoms with van der Waals surface area (Å²) in [6.45, 7) is 5.67. The predicted octanol–water partition coefficient (Wildman–Crippen LogP) is 1.09. The molecule has 2 N–H and O–H groups in total.